The first-order chi connectivity index (χ1) is 0. The number of hydrogen-bond acceptors (Lipinski definition) is 0. The topological polar surface area (TPSA) is 0 Å². The Bertz CT molecular complexity index is 32.5. The molecule has 0 spiro atoms. The Balaban J connectivity index is 0. The predicted molar refractivity (Wildman–Crippen MR) is 161 cm³/mol. The Hall–Kier alpha value is 10.5. The van der Waals surface area contributed by atoms with E-state index in [2.05, 4.69) is 0 Å². The van der Waals surface area contributed by atoms with Gasteiger partial charge in [0.05, 0.1) is 0 Å². The van der Waals surface area contributed by atoms with E-state index in [1.807, 2.05) is 0 Å². The molecular formula is H50Ca10F30. The van der Waals surface area contributed by atoms with Crippen molar-refractivity contribution in [3.8, 4) is 0 Å². The van der Waals surface area contributed by atoms with Crippen LogP contribution >= 0.6 is 0 Å². The molecule has 0 aliphatic rings. The van der Waals surface area contributed by atoms with Crippen molar-refractivity contribution in [2.24, 2.45) is 0 Å². The van der Waals surface area contributed by atoms with Crippen LogP contribution in [0.2, 0.25) is 0 Å². The standard InChI is InChI=1S/10Ca.30FH.20H/h;;;;;;;;;;30*1H;;;;;;;;;;;;;;;;;;;;. The van der Waals surface area contributed by atoms with Gasteiger partial charge in [0.15, 0.2) is 0 Å². The third-order valence-corrected chi connectivity index (χ3v) is 0. The van der Waals surface area contributed by atoms with Crippen molar-refractivity contribution >= 4 is 377 Å². The third-order valence-electron chi connectivity index (χ3n) is 0. The molecule has 0 aromatic carbocycles. The molecule has 0 unspecified atom stereocenters. The van der Waals surface area contributed by atoms with Gasteiger partial charge in [-0.3, -0.25) is 141 Å². The molecule has 0 radical (unpaired) electrons. The summed E-state index contributed by atoms with van der Waals surface area (Å²) >= 11 is 0. The molecule has 0 rings (SSSR count). The van der Waals surface area contributed by atoms with Gasteiger partial charge < -0.3 is 0 Å². The van der Waals surface area contributed by atoms with Crippen molar-refractivity contribution < 1.29 is 141 Å². The molecule has 40 heteroatoms. The fourth-order valence-electron chi connectivity index (χ4n) is 0. The van der Waals surface area contributed by atoms with Crippen LogP contribution in [0.4, 0.5) is 141 Å². The summed E-state index contributed by atoms with van der Waals surface area (Å²) in [5.41, 5.74) is 0. The maximum absolute atomic E-state index is 0. The normalized spacial score (nSPS) is 0. The molecule has 0 bridgehead atoms. The van der Waals surface area contributed by atoms with E-state index in [0.29, 0.717) is 0 Å². The summed E-state index contributed by atoms with van der Waals surface area (Å²) in [7, 11) is 0. The second kappa shape index (κ2) is 1060. The second-order valence-electron chi connectivity index (χ2n) is 0. The Morgan fingerprint density at radius 3 is 0.0500 bits per heavy atom. The molecule has 0 aromatic heterocycles. The van der Waals surface area contributed by atoms with Gasteiger partial charge in [-0.2, -0.15) is 0 Å². The average Bonchev–Trinajstić information content (AvgIpc) is 0. The first-order valence-electron chi connectivity index (χ1n) is 0. The molecule has 0 saturated carbocycles. The van der Waals surface area contributed by atoms with Gasteiger partial charge in [-0.25, -0.2) is 0 Å². The van der Waals surface area contributed by atoms with Crippen molar-refractivity contribution in [2.75, 3.05) is 0 Å². The number of hydrogen-bond donors (Lipinski definition) is 0. The van der Waals surface area contributed by atoms with Crippen LogP contribution in [-0.2, 0) is 0 Å². The van der Waals surface area contributed by atoms with E-state index in [0.717, 1.165) is 0 Å². The van der Waals surface area contributed by atoms with Crippen LogP contribution < -0.4 is 0 Å². The average molecular weight is 1020 g/mol. The zero-order valence-electron chi connectivity index (χ0n) is 12.2. The Labute approximate surface area is 504 Å². The van der Waals surface area contributed by atoms with Crippen LogP contribution in [-0.4, -0.2) is 377 Å². The number of rotatable bonds is 0. The van der Waals surface area contributed by atoms with Gasteiger partial charge in [-0.15, -0.1) is 0 Å². The quantitative estimate of drug-likeness (QED) is 0.170. The molecular weight excluding hydrogens is 971 g/mol. The van der Waals surface area contributed by atoms with E-state index in [1.165, 1.54) is 0 Å². The Kier molecular flexibility index (Phi) is 29700. The Morgan fingerprint density at radius 2 is 0.0500 bits per heavy atom. The molecule has 0 aliphatic carbocycles. The molecule has 0 heterocycles. The summed E-state index contributed by atoms with van der Waals surface area (Å²) in [4.78, 5) is 0. The van der Waals surface area contributed by atoms with Gasteiger partial charge in [-0.1, -0.05) is 0 Å². The van der Waals surface area contributed by atoms with E-state index >= 15 is 0 Å². The van der Waals surface area contributed by atoms with Crippen LogP contribution in [0, 0.1) is 0 Å². The van der Waals surface area contributed by atoms with Crippen molar-refractivity contribution in [3.63, 3.8) is 0 Å². The van der Waals surface area contributed by atoms with E-state index in [-0.39, 0.29) is 519 Å². The molecule has 0 N–H and O–H groups in total. The molecule has 0 aromatic rings. The van der Waals surface area contributed by atoms with Crippen molar-refractivity contribution in [1.29, 1.82) is 0 Å². The van der Waals surface area contributed by atoms with Gasteiger partial charge in [0, 0.05) is 0 Å². The van der Waals surface area contributed by atoms with Crippen molar-refractivity contribution in [3.05, 3.63) is 0 Å². The Morgan fingerprint density at radius 1 is 0.0500 bits per heavy atom. The van der Waals surface area contributed by atoms with Gasteiger partial charge in [0.1, 0.15) is 0 Å². The van der Waals surface area contributed by atoms with E-state index < -0.39 is 0 Å². The summed E-state index contributed by atoms with van der Waals surface area (Å²) in [6, 6.07) is 0. The second-order valence-corrected chi connectivity index (χ2v) is 0. The fraction of sp³-hybridized carbons (Fsp3) is 0. The van der Waals surface area contributed by atoms with Gasteiger partial charge in [-0.05, 0) is 0 Å². The predicted octanol–water partition coefficient (Wildman–Crippen LogP) is -4.59. The number of halogens is 30. The molecule has 0 amide bonds. The summed E-state index contributed by atoms with van der Waals surface area (Å²) in [5, 5.41) is 0. The maximum atomic E-state index is 0. The summed E-state index contributed by atoms with van der Waals surface area (Å²) in [6.45, 7) is 0. The van der Waals surface area contributed by atoms with E-state index in [4.69, 9.17) is 0 Å². The summed E-state index contributed by atoms with van der Waals surface area (Å²) in [5.74, 6) is 0. The van der Waals surface area contributed by atoms with Crippen molar-refractivity contribution in [1.82, 2.24) is 0 Å². The van der Waals surface area contributed by atoms with Gasteiger partial charge >= 0.3 is 377 Å². The van der Waals surface area contributed by atoms with Crippen LogP contribution in [0.3, 0.4) is 0 Å². The monoisotopic (exact) mass is 1020 g/mol. The molecule has 0 aliphatic heterocycles. The van der Waals surface area contributed by atoms with Crippen LogP contribution in [0.25, 0.3) is 0 Å². The van der Waals surface area contributed by atoms with Crippen LogP contribution in [0.15, 0.2) is 0 Å². The summed E-state index contributed by atoms with van der Waals surface area (Å²) < 4.78 is 0. The van der Waals surface area contributed by atoms with Crippen LogP contribution in [0.5, 0.6) is 0 Å². The fourth-order valence-corrected chi connectivity index (χ4v) is 0. The van der Waals surface area contributed by atoms with E-state index in [9.17, 15) is 0 Å². The molecule has 0 saturated heterocycles. The first kappa shape index (κ1) is 1120. The summed E-state index contributed by atoms with van der Waals surface area (Å²) in [6.07, 6.45) is 0. The third kappa shape index (κ3) is 993. The minimum absolute atomic E-state index is 0. The van der Waals surface area contributed by atoms with Gasteiger partial charge in [0.25, 0.3) is 0 Å². The molecule has 0 nitrogen and oxygen atoms in total. The van der Waals surface area contributed by atoms with Crippen molar-refractivity contribution in [2.45, 2.75) is 0 Å². The molecule has 40 heavy (non-hydrogen) atoms. The minimum atomic E-state index is 0. The SMILES string of the molecule is F.F.F.F.F.F.F.F.F.F.F.F.F.F.F.F.F.F.F.F.F.F.F.F.F.F.F.F.F.F.[CaH2].[CaH2].[CaH2].[CaH2].[CaH2].[CaH2].[CaH2].[CaH2].[CaH2].[CaH2]. The van der Waals surface area contributed by atoms with E-state index in [1.54, 1.807) is 0 Å². The molecule has 0 fully saturated rings. The first-order valence-corrected chi connectivity index (χ1v) is 0. The zero-order valence-corrected chi connectivity index (χ0v) is 12.2. The molecule has 280 valence electrons. The van der Waals surface area contributed by atoms with Gasteiger partial charge in [0.2, 0.25) is 0 Å². The molecule has 0 atom stereocenters. The van der Waals surface area contributed by atoms with Crippen LogP contribution in [0.1, 0.15) is 0 Å². The zero-order chi connectivity index (χ0) is 0.